The lowest BCUT2D eigenvalue weighted by molar-refractivity contribution is 0.141. The van der Waals surface area contributed by atoms with Crippen molar-refractivity contribution < 1.29 is 4.74 Å². The van der Waals surface area contributed by atoms with Gasteiger partial charge in [-0.05, 0) is 20.3 Å². The van der Waals surface area contributed by atoms with Crippen molar-refractivity contribution in [2.24, 2.45) is 0 Å². The third kappa shape index (κ3) is 2.73. The zero-order valence-electron chi connectivity index (χ0n) is 8.90. The second kappa shape index (κ2) is 5.65. The molecule has 14 heavy (non-hydrogen) atoms. The van der Waals surface area contributed by atoms with Gasteiger partial charge in [-0.1, -0.05) is 0 Å². The van der Waals surface area contributed by atoms with Crippen molar-refractivity contribution in [1.82, 2.24) is 9.13 Å². The molecule has 0 N–H and O–H groups in total. The van der Waals surface area contributed by atoms with Crippen LogP contribution in [0.1, 0.15) is 20.3 Å². The Labute approximate surface area is 84.1 Å². The molecule has 4 nitrogen and oxygen atoms in total. The van der Waals surface area contributed by atoms with E-state index in [9.17, 15) is 4.79 Å². The van der Waals surface area contributed by atoms with Gasteiger partial charge in [0.05, 0.1) is 0 Å². The Kier molecular flexibility index (Phi) is 4.46. The third-order valence-electron chi connectivity index (χ3n) is 2.15. The number of aromatic nitrogens is 2. The number of hydrogen-bond donors (Lipinski definition) is 0. The van der Waals surface area contributed by atoms with Crippen LogP contribution in [-0.2, 0) is 17.8 Å². The van der Waals surface area contributed by atoms with Crippen LogP contribution in [0.3, 0.4) is 0 Å². The molecule has 0 amide bonds. The fraction of sp³-hybridized carbons (Fsp3) is 0.700. The normalized spacial score (nSPS) is 10.7. The summed E-state index contributed by atoms with van der Waals surface area (Å²) in [5, 5.41) is 0. The first kappa shape index (κ1) is 11.0. The maximum Gasteiger partial charge on any atom is 0.328 e. The van der Waals surface area contributed by atoms with Gasteiger partial charge in [0.25, 0.3) is 0 Å². The van der Waals surface area contributed by atoms with E-state index in [1.807, 2.05) is 26.2 Å². The molecule has 0 aliphatic heterocycles. The van der Waals surface area contributed by atoms with Crippen molar-refractivity contribution >= 4 is 0 Å². The van der Waals surface area contributed by atoms with Gasteiger partial charge in [-0.15, -0.1) is 0 Å². The Morgan fingerprint density at radius 1 is 1.29 bits per heavy atom. The second-order valence-corrected chi connectivity index (χ2v) is 3.11. The zero-order chi connectivity index (χ0) is 10.4. The van der Waals surface area contributed by atoms with E-state index in [4.69, 9.17) is 4.74 Å². The number of imidazole rings is 1. The highest BCUT2D eigenvalue weighted by molar-refractivity contribution is 4.80. The molecule has 0 unspecified atom stereocenters. The summed E-state index contributed by atoms with van der Waals surface area (Å²) in [6, 6.07) is 0. The van der Waals surface area contributed by atoms with Crippen molar-refractivity contribution in [3.05, 3.63) is 22.9 Å². The minimum absolute atomic E-state index is 0.0731. The fourth-order valence-electron chi connectivity index (χ4n) is 1.35. The highest BCUT2D eigenvalue weighted by atomic mass is 16.5. The second-order valence-electron chi connectivity index (χ2n) is 3.11. The summed E-state index contributed by atoms with van der Waals surface area (Å²) in [4.78, 5) is 11.5. The smallest absolute Gasteiger partial charge is 0.328 e. The molecule has 80 valence electrons. The lowest BCUT2D eigenvalue weighted by atomic mass is 10.4. The molecule has 1 aromatic heterocycles. The van der Waals surface area contributed by atoms with Crippen molar-refractivity contribution in [2.45, 2.75) is 33.4 Å². The monoisotopic (exact) mass is 198 g/mol. The zero-order valence-corrected chi connectivity index (χ0v) is 8.90. The summed E-state index contributed by atoms with van der Waals surface area (Å²) in [5.74, 6) is 0. The third-order valence-corrected chi connectivity index (χ3v) is 2.15. The minimum atomic E-state index is 0.0731. The van der Waals surface area contributed by atoms with E-state index in [1.54, 1.807) is 9.13 Å². The summed E-state index contributed by atoms with van der Waals surface area (Å²) >= 11 is 0. The Balaban J connectivity index is 2.43. The predicted octanol–water partition coefficient (Wildman–Crippen LogP) is 1.10. The average Bonchev–Trinajstić information content (AvgIpc) is 2.55. The van der Waals surface area contributed by atoms with Gasteiger partial charge < -0.3 is 4.74 Å². The van der Waals surface area contributed by atoms with Gasteiger partial charge in [0.1, 0.15) is 0 Å². The highest BCUT2D eigenvalue weighted by Crippen LogP contribution is 1.90. The van der Waals surface area contributed by atoms with Gasteiger partial charge in [-0.2, -0.15) is 0 Å². The molecule has 0 aromatic carbocycles. The SMILES string of the molecule is CCOCCCn1ccn(CC)c1=O. The first-order valence-electron chi connectivity index (χ1n) is 5.13. The standard InChI is InChI=1S/C10H18N2O2/c1-3-11-7-8-12(10(11)13)6-5-9-14-4-2/h7-8H,3-6,9H2,1-2H3. The number of nitrogens with zero attached hydrogens (tertiary/aromatic N) is 2. The van der Waals surface area contributed by atoms with Crippen molar-refractivity contribution in [3.63, 3.8) is 0 Å². The Morgan fingerprint density at radius 2 is 2.00 bits per heavy atom. The van der Waals surface area contributed by atoms with Crippen LogP contribution in [0.2, 0.25) is 0 Å². The molecule has 0 aliphatic rings. The van der Waals surface area contributed by atoms with Crippen LogP contribution in [0.15, 0.2) is 17.2 Å². The summed E-state index contributed by atoms with van der Waals surface area (Å²) in [6.07, 6.45) is 4.54. The molecule has 0 spiro atoms. The van der Waals surface area contributed by atoms with Crippen LogP contribution in [0.5, 0.6) is 0 Å². The van der Waals surface area contributed by atoms with Crippen molar-refractivity contribution in [3.8, 4) is 0 Å². The molecule has 4 heteroatoms. The van der Waals surface area contributed by atoms with Gasteiger partial charge in [-0.3, -0.25) is 9.13 Å². The minimum Gasteiger partial charge on any atom is -0.382 e. The van der Waals surface area contributed by atoms with E-state index < -0.39 is 0 Å². The van der Waals surface area contributed by atoms with Gasteiger partial charge in [-0.25, -0.2) is 4.79 Å². The van der Waals surface area contributed by atoms with E-state index in [0.29, 0.717) is 0 Å². The predicted molar refractivity (Wildman–Crippen MR) is 55.5 cm³/mol. The maximum atomic E-state index is 11.5. The Hall–Kier alpha value is -1.03. The van der Waals surface area contributed by atoms with Crippen LogP contribution in [0.25, 0.3) is 0 Å². The molecule has 1 aromatic rings. The average molecular weight is 198 g/mol. The molecule has 0 atom stereocenters. The van der Waals surface area contributed by atoms with Crippen LogP contribution >= 0.6 is 0 Å². The van der Waals surface area contributed by atoms with E-state index in [0.717, 1.165) is 32.7 Å². The quantitative estimate of drug-likeness (QED) is 0.642. The Morgan fingerprint density at radius 3 is 2.57 bits per heavy atom. The largest absolute Gasteiger partial charge is 0.382 e. The van der Waals surface area contributed by atoms with Crippen LogP contribution in [0.4, 0.5) is 0 Å². The Bertz CT molecular complexity index is 314. The topological polar surface area (TPSA) is 36.2 Å². The van der Waals surface area contributed by atoms with E-state index >= 15 is 0 Å². The molecule has 0 saturated carbocycles. The van der Waals surface area contributed by atoms with Gasteiger partial charge >= 0.3 is 5.69 Å². The van der Waals surface area contributed by atoms with Gasteiger partial charge in [0.2, 0.25) is 0 Å². The fourth-order valence-corrected chi connectivity index (χ4v) is 1.35. The van der Waals surface area contributed by atoms with Crippen LogP contribution in [0, 0.1) is 0 Å². The first-order chi connectivity index (χ1) is 6.79. The van der Waals surface area contributed by atoms with E-state index in [2.05, 4.69) is 0 Å². The molecule has 0 radical (unpaired) electrons. The molecular formula is C10H18N2O2. The lowest BCUT2D eigenvalue weighted by Gasteiger charge is -2.01. The first-order valence-corrected chi connectivity index (χ1v) is 5.13. The summed E-state index contributed by atoms with van der Waals surface area (Å²) < 4.78 is 8.63. The maximum absolute atomic E-state index is 11.5. The molecule has 0 fully saturated rings. The molecule has 0 bridgehead atoms. The molecular weight excluding hydrogens is 180 g/mol. The number of rotatable bonds is 6. The summed E-state index contributed by atoms with van der Waals surface area (Å²) in [5.41, 5.74) is 0.0731. The van der Waals surface area contributed by atoms with Gasteiger partial charge in [0, 0.05) is 38.7 Å². The van der Waals surface area contributed by atoms with Crippen LogP contribution < -0.4 is 5.69 Å². The number of aryl methyl sites for hydroxylation is 2. The van der Waals surface area contributed by atoms with Crippen LogP contribution in [-0.4, -0.2) is 22.3 Å². The van der Waals surface area contributed by atoms with Crippen molar-refractivity contribution in [2.75, 3.05) is 13.2 Å². The summed E-state index contributed by atoms with van der Waals surface area (Å²) in [6.45, 7) is 6.87. The summed E-state index contributed by atoms with van der Waals surface area (Å²) in [7, 11) is 0. The molecule has 0 aliphatic carbocycles. The van der Waals surface area contributed by atoms with Crippen molar-refractivity contribution in [1.29, 1.82) is 0 Å². The van der Waals surface area contributed by atoms with E-state index in [-0.39, 0.29) is 5.69 Å². The van der Waals surface area contributed by atoms with E-state index in [1.165, 1.54) is 0 Å². The number of ether oxygens (including phenoxy) is 1. The molecule has 0 saturated heterocycles. The lowest BCUT2D eigenvalue weighted by Crippen LogP contribution is -2.23. The number of hydrogen-bond acceptors (Lipinski definition) is 2. The molecule has 1 rings (SSSR count). The van der Waals surface area contributed by atoms with Gasteiger partial charge in [0.15, 0.2) is 0 Å². The molecule has 1 heterocycles. The highest BCUT2D eigenvalue weighted by Gasteiger charge is 2.00.